The second-order valence-corrected chi connectivity index (χ2v) is 6.86. The Morgan fingerprint density at radius 2 is 2.08 bits per heavy atom. The molecule has 0 atom stereocenters. The molecule has 0 unspecified atom stereocenters. The first-order valence-corrected chi connectivity index (χ1v) is 9.11. The summed E-state index contributed by atoms with van der Waals surface area (Å²) >= 11 is 1.33. The zero-order valence-electron chi connectivity index (χ0n) is 14.4. The average Bonchev–Trinajstić information content (AvgIpc) is 3.07. The lowest BCUT2D eigenvalue weighted by molar-refractivity contribution is -0.116. The van der Waals surface area contributed by atoms with Gasteiger partial charge in [0.15, 0.2) is 0 Å². The number of aromatic nitrogens is 4. The van der Waals surface area contributed by atoms with E-state index in [0.717, 1.165) is 28.5 Å². The summed E-state index contributed by atoms with van der Waals surface area (Å²) in [7, 11) is 0. The van der Waals surface area contributed by atoms with E-state index in [1.54, 1.807) is 0 Å². The zero-order valence-corrected chi connectivity index (χ0v) is 15.2. The summed E-state index contributed by atoms with van der Waals surface area (Å²) in [5.74, 6) is -0.626. The lowest BCUT2D eigenvalue weighted by atomic mass is 10.1. The summed E-state index contributed by atoms with van der Waals surface area (Å²) in [5, 5.41) is 12.2. The lowest BCUT2D eigenvalue weighted by Gasteiger charge is -2.07. The minimum atomic E-state index is -0.526. The molecule has 0 radical (unpaired) electrons. The second-order valence-electron chi connectivity index (χ2n) is 5.85. The van der Waals surface area contributed by atoms with Crippen molar-refractivity contribution in [2.24, 2.45) is 0 Å². The monoisotopic (exact) mass is 375 g/mol. The number of fused-ring (bicyclic) bond motifs is 1. The van der Waals surface area contributed by atoms with Gasteiger partial charge in [-0.05, 0) is 31.0 Å². The van der Waals surface area contributed by atoms with Crippen LogP contribution in [0.1, 0.15) is 37.6 Å². The van der Waals surface area contributed by atoms with Crippen LogP contribution in [0.2, 0.25) is 0 Å². The van der Waals surface area contributed by atoms with Crippen LogP contribution in [0, 0.1) is 5.82 Å². The topological polar surface area (TPSA) is 89.8 Å². The van der Waals surface area contributed by atoms with Gasteiger partial charge in [0, 0.05) is 5.92 Å². The van der Waals surface area contributed by atoms with Gasteiger partial charge in [0.25, 0.3) is 5.56 Å². The Balaban J connectivity index is 1.75. The van der Waals surface area contributed by atoms with E-state index in [1.165, 1.54) is 29.8 Å². The molecule has 0 aliphatic heterocycles. The van der Waals surface area contributed by atoms with Crippen LogP contribution in [0.4, 0.5) is 9.52 Å². The predicted octanol–water partition coefficient (Wildman–Crippen LogP) is 2.93. The molecule has 1 N–H and O–H groups in total. The molecule has 1 aromatic carbocycles. The lowest BCUT2D eigenvalue weighted by Crippen LogP contribution is -2.27. The first kappa shape index (κ1) is 18.1. The van der Waals surface area contributed by atoms with Gasteiger partial charge in [-0.2, -0.15) is 0 Å². The molecule has 0 aliphatic carbocycles. The van der Waals surface area contributed by atoms with Crippen molar-refractivity contribution < 1.29 is 9.18 Å². The normalized spacial score (nSPS) is 11.2. The summed E-state index contributed by atoms with van der Waals surface area (Å²) in [4.78, 5) is 28.7. The first-order valence-electron chi connectivity index (χ1n) is 8.29. The maximum absolute atomic E-state index is 13.4. The van der Waals surface area contributed by atoms with E-state index in [1.807, 2.05) is 0 Å². The minimum absolute atomic E-state index is 0.132. The second kappa shape index (κ2) is 7.69. The van der Waals surface area contributed by atoms with Gasteiger partial charge in [0.05, 0.1) is 17.2 Å². The van der Waals surface area contributed by atoms with Crippen molar-refractivity contribution in [2.75, 3.05) is 5.32 Å². The Morgan fingerprint density at radius 1 is 1.31 bits per heavy atom. The van der Waals surface area contributed by atoms with Crippen LogP contribution < -0.4 is 10.9 Å². The molecule has 0 fully saturated rings. The van der Waals surface area contributed by atoms with E-state index in [0.29, 0.717) is 16.6 Å². The van der Waals surface area contributed by atoms with Gasteiger partial charge in [0.1, 0.15) is 17.4 Å². The number of amides is 1. The van der Waals surface area contributed by atoms with Crippen LogP contribution in [0.25, 0.3) is 10.9 Å². The van der Waals surface area contributed by atoms with Crippen molar-refractivity contribution in [3.63, 3.8) is 0 Å². The smallest absolute Gasteiger partial charge is 0.261 e. The van der Waals surface area contributed by atoms with Crippen molar-refractivity contribution in [3.8, 4) is 0 Å². The van der Waals surface area contributed by atoms with E-state index in [9.17, 15) is 14.0 Å². The molecule has 2 heterocycles. The first-order chi connectivity index (χ1) is 12.5. The predicted molar refractivity (Wildman–Crippen MR) is 97.8 cm³/mol. The van der Waals surface area contributed by atoms with Crippen molar-refractivity contribution >= 4 is 33.3 Å². The molecule has 3 rings (SSSR count). The van der Waals surface area contributed by atoms with Crippen LogP contribution in [-0.4, -0.2) is 25.7 Å². The van der Waals surface area contributed by atoms with Gasteiger partial charge in [-0.15, -0.1) is 10.2 Å². The fourth-order valence-electron chi connectivity index (χ4n) is 2.65. The molecular formula is C17H18FN5O2S. The number of carbonyl (C=O) groups excluding carboxylic acids is 1. The molecule has 0 aliphatic rings. The number of hydrogen-bond donors (Lipinski definition) is 1. The Hall–Kier alpha value is -2.68. The molecule has 0 saturated carbocycles. The van der Waals surface area contributed by atoms with Crippen LogP contribution in [0.3, 0.4) is 0 Å². The number of hydrogen-bond acceptors (Lipinski definition) is 6. The summed E-state index contributed by atoms with van der Waals surface area (Å²) < 4.78 is 14.5. The molecule has 136 valence electrons. The summed E-state index contributed by atoms with van der Waals surface area (Å²) in [6, 6.07) is 3.78. The van der Waals surface area contributed by atoms with Gasteiger partial charge < -0.3 is 0 Å². The summed E-state index contributed by atoms with van der Waals surface area (Å²) in [5.41, 5.74) is -0.0911. The molecule has 26 heavy (non-hydrogen) atoms. The third kappa shape index (κ3) is 3.77. The molecule has 3 aromatic rings. The van der Waals surface area contributed by atoms with Crippen LogP contribution >= 0.6 is 11.3 Å². The molecule has 0 bridgehead atoms. The van der Waals surface area contributed by atoms with Crippen LogP contribution in [-0.2, 0) is 11.3 Å². The van der Waals surface area contributed by atoms with Gasteiger partial charge in [-0.1, -0.05) is 25.2 Å². The van der Waals surface area contributed by atoms with Gasteiger partial charge in [-0.3, -0.25) is 19.5 Å². The fourth-order valence-corrected chi connectivity index (χ4v) is 3.67. The number of carbonyl (C=O) groups is 1. The van der Waals surface area contributed by atoms with E-state index in [2.05, 4.69) is 34.3 Å². The van der Waals surface area contributed by atoms with Crippen LogP contribution in [0.15, 0.2) is 29.3 Å². The number of rotatable bonds is 6. The molecule has 0 saturated heterocycles. The van der Waals surface area contributed by atoms with Crippen molar-refractivity contribution in [3.05, 3.63) is 45.7 Å². The van der Waals surface area contributed by atoms with Crippen molar-refractivity contribution in [1.29, 1.82) is 0 Å². The Kier molecular flexibility index (Phi) is 5.36. The van der Waals surface area contributed by atoms with E-state index in [4.69, 9.17) is 0 Å². The maximum Gasteiger partial charge on any atom is 0.261 e. The van der Waals surface area contributed by atoms with Crippen LogP contribution in [0.5, 0.6) is 0 Å². The highest BCUT2D eigenvalue weighted by molar-refractivity contribution is 7.15. The van der Waals surface area contributed by atoms with E-state index < -0.39 is 17.3 Å². The Morgan fingerprint density at radius 3 is 2.81 bits per heavy atom. The Bertz CT molecular complexity index is 996. The van der Waals surface area contributed by atoms with Gasteiger partial charge in [-0.25, -0.2) is 9.37 Å². The molecule has 9 heteroatoms. The van der Waals surface area contributed by atoms with Crippen molar-refractivity contribution in [2.45, 2.75) is 39.2 Å². The van der Waals surface area contributed by atoms with E-state index >= 15 is 0 Å². The Labute approximate surface area is 152 Å². The number of halogens is 1. The third-order valence-corrected chi connectivity index (χ3v) is 5.12. The maximum atomic E-state index is 13.4. The minimum Gasteiger partial charge on any atom is -0.299 e. The molecule has 1 amide bonds. The number of nitrogens with zero attached hydrogens (tertiary/aromatic N) is 4. The quantitative estimate of drug-likeness (QED) is 0.715. The average molecular weight is 375 g/mol. The summed E-state index contributed by atoms with van der Waals surface area (Å²) in [6.45, 7) is 3.92. The molecule has 2 aromatic heterocycles. The standard InChI is InChI=1S/C17H18FN5O2S/c1-3-10(4-2)15-21-22-17(26-15)20-14(24)8-23-9-19-13-6-5-11(18)7-12(13)16(23)25/h5-7,9-10H,3-4,8H2,1-2H3,(H,20,22,24). The number of nitrogens with one attached hydrogen (secondary N) is 1. The number of benzene rings is 1. The van der Waals surface area contributed by atoms with Crippen molar-refractivity contribution in [1.82, 2.24) is 19.7 Å². The molecule has 7 nitrogen and oxygen atoms in total. The van der Waals surface area contributed by atoms with E-state index in [-0.39, 0.29) is 11.9 Å². The highest BCUT2D eigenvalue weighted by Crippen LogP contribution is 2.27. The third-order valence-electron chi connectivity index (χ3n) is 4.12. The fraction of sp³-hybridized carbons (Fsp3) is 0.353. The summed E-state index contributed by atoms with van der Waals surface area (Å²) in [6.07, 6.45) is 3.18. The highest BCUT2D eigenvalue weighted by atomic mass is 32.1. The number of anilines is 1. The zero-order chi connectivity index (χ0) is 18.7. The van der Waals surface area contributed by atoms with Gasteiger partial charge >= 0.3 is 0 Å². The van der Waals surface area contributed by atoms with Gasteiger partial charge in [0.2, 0.25) is 11.0 Å². The highest BCUT2D eigenvalue weighted by Gasteiger charge is 2.15. The molecular weight excluding hydrogens is 357 g/mol. The molecule has 0 spiro atoms. The SMILES string of the molecule is CCC(CC)c1nnc(NC(=O)Cn2cnc3ccc(F)cc3c2=O)s1. The largest absolute Gasteiger partial charge is 0.299 e.